The number of nitrogens with zero attached hydrogens (tertiary/aromatic N) is 3. The topological polar surface area (TPSA) is 103 Å². The first kappa shape index (κ1) is 21.9. The highest BCUT2D eigenvalue weighted by Gasteiger charge is 2.16. The maximum absolute atomic E-state index is 13.2. The summed E-state index contributed by atoms with van der Waals surface area (Å²) < 4.78 is 7.06. The fraction of sp³-hybridized carbons (Fsp3) is 0.125. The van der Waals surface area contributed by atoms with Gasteiger partial charge in [-0.25, -0.2) is 14.8 Å². The molecule has 0 saturated carbocycles. The fourth-order valence-corrected chi connectivity index (χ4v) is 5.37. The van der Waals surface area contributed by atoms with Gasteiger partial charge in [0.05, 0.1) is 34.1 Å². The van der Waals surface area contributed by atoms with Crippen LogP contribution in [0.2, 0.25) is 0 Å². The highest BCUT2D eigenvalue weighted by molar-refractivity contribution is 7.22. The number of hydrogen-bond acceptors (Lipinski definition) is 8. The van der Waals surface area contributed by atoms with Crippen molar-refractivity contribution in [3.8, 4) is 11.1 Å². The summed E-state index contributed by atoms with van der Waals surface area (Å²) in [6.07, 6.45) is 1.39. The van der Waals surface area contributed by atoms with Crippen molar-refractivity contribution in [1.29, 1.82) is 0 Å². The van der Waals surface area contributed by atoms with Gasteiger partial charge in [0, 0.05) is 10.9 Å². The molecule has 170 valence electrons. The molecule has 3 aromatic heterocycles. The second kappa shape index (κ2) is 9.16. The average Bonchev–Trinajstić information content (AvgIpc) is 3.45. The van der Waals surface area contributed by atoms with Gasteiger partial charge < -0.3 is 10.1 Å². The Kier molecular flexibility index (Phi) is 5.91. The molecule has 0 aliphatic carbocycles. The zero-order valence-corrected chi connectivity index (χ0v) is 19.6. The van der Waals surface area contributed by atoms with Crippen LogP contribution in [0.5, 0.6) is 0 Å². The van der Waals surface area contributed by atoms with Crippen LogP contribution in [0.3, 0.4) is 0 Å². The Balaban J connectivity index is 1.38. The van der Waals surface area contributed by atoms with Gasteiger partial charge in [-0.2, -0.15) is 0 Å². The number of carbonyl (C=O) groups excluding carboxylic acids is 2. The van der Waals surface area contributed by atoms with Crippen LogP contribution in [0, 0.1) is 0 Å². The van der Waals surface area contributed by atoms with Crippen LogP contribution in [-0.4, -0.2) is 33.0 Å². The molecule has 0 bridgehead atoms. The predicted octanol–water partition coefficient (Wildman–Crippen LogP) is 4.55. The first-order valence-corrected chi connectivity index (χ1v) is 12.1. The molecule has 5 aromatic rings. The zero-order valence-electron chi connectivity index (χ0n) is 18.0. The lowest BCUT2D eigenvalue weighted by Crippen LogP contribution is -2.27. The number of esters is 1. The zero-order chi connectivity index (χ0) is 23.7. The van der Waals surface area contributed by atoms with Crippen molar-refractivity contribution >= 4 is 60.1 Å². The van der Waals surface area contributed by atoms with Gasteiger partial charge in [0.25, 0.3) is 5.56 Å². The lowest BCUT2D eigenvalue weighted by molar-refractivity contribution is -0.116. The van der Waals surface area contributed by atoms with Crippen molar-refractivity contribution in [3.63, 3.8) is 0 Å². The molecule has 1 N–H and O–H groups in total. The molecule has 5 rings (SSSR count). The summed E-state index contributed by atoms with van der Waals surface area (Å²) in [6, 6.07) is 14.6. The molecule has 1 amide bonds. The summed E-state index contributed by atoms with van der Waals surface area (Å²) in [6.45, 7) is 1.84. The van der Waals surface area contributed by atoms with Gasteiger partial charge in [-0.1, -0.05) is 41.7 Å². The van der Waals surface area contributed by atoms with E-state index in [1.807, 2.05) is 35.7 Å². The molecular weight excluding hydrogens is 472 g/mol. The lowest BCUT2D eigenvalue weighted by atomic mass is 10.1. The number of ether oxygens (including phenoxy) is 1. The highest BCUT2D eigenvalue weighted by Crippen LogP contribution is 2.30. The molecule has 0 atom stereocenters. The fourth-order valence-electron chi connectivity index (χ4n) is 3.54. The largest absolute Gasteiger partial charge is 0.462 e. The number of nitrogens with one attached hydrogen (secondary N) is 1. The summed E-state index contributed by atoms with van der Waals surface area (Å²) in [5, 5.41) is 5.52. The second-order valence-electron chi connectivity index (χ2n) is 7.34. The standard InChI is InChI=1S/C24H18N4O4S2/c1-2-32-23(31)15-8-9-17-18(10-15)34-24(26-17)27-19(29)11-28-13-25-21-20(22(28)30)16(12-33-21)14-6-4-3-5-7-14/h3-10,12-13H,2,11H2,1H3,(H,26,27,29). The quantitative estimate of drug-likeness (QED) is 0.350. The van der Waals surface area contributed by atoms with E-state index < -0.39 is 11.9 Å². The van der Waals surface area contributed by atoms with Gasteiger partial charge in [-0.15, -0.1) is 11.3 Å². The van der Waals surface area contributed by atoms with E-state index >= 15 is 0 Å². The number of amides is 1. The molecule has 0 saturated heterocycles. The van der Waals surface area contributed by atoms with Crippen molar-refractivity contribution in [3.05, 3.63) is 76.2 Å². The Hall–Kier alpha value is -3.89. The van der Waals surface area contributed by atoms with E-state index in [9.17, 15) is 14.4 Å². The smallest absolute Gasteiger partial charge is 0.338 e. The Labute approximate surface area is 201 Å². The number of fused-ring (bicyclic) bond motifs is 2. The van der Waals surface area contributed by atoms with Crippen molar-refractivity contribution in [1.82, 2.24) is 14.5 Å². The van der Waals surface area contributed by atoms with Crippen molar-refractivity contribution in [2.75, 3.05) is 11.9 Å². The number of benzene rings is 2. The van der Waals surface area contributed by atoms with Gasteiger partial charge in [0.15, 0.2) is 5.13 Å². The number of rotatable bonds is 6. The van der Waals surface area contributed by atoms with Gasteiger partial charge >= 0.3 is 5.97 Å². The molecule has 0 radical (unpaired) electrons. The second-order valence-corrected chi connectivity index (χ2v) is 9.23. The van der Waals surface area contributed by atoms with Crippen LogP contribution < -0.4 is 10.9 Å². The summed E-state index contributed by atoms with van der Waals surface area (Å²) in [5.74, 6) is -0.807. The normalized spacial score (nSPS) is 11.1. The molecule has 0 aliphatic heterocycles. The molecule has 2 aromatic carbocycles. The van der Waals surface area contributed by atoms with E-state index in [4.69, 9.17) is 4.74 Å². The summed E-state index contributed by atoms with van der Waals surface area (Å²) in [5.41, 5.74) is 2.53. The Morgan fingerprint density at radius 2 is 1.97 bits per heavy atom. The van der Waals surface area contributed by atoms with Crippen LogP contribution in [0.1, 0.15) is 17.3 Å². The number of aromatic nitrogens is 3. The summed E-state index contributed by atoms with van der Waals surface area (Å²) in [7, 11) is 0. The van der Waals surface area contributed by atoms with Crippen LogP contribution in [0.25, 0.3) is 31.6 Å². The average molecular weight is 491 g/mol. The molecule has 8 nitrogen and oxygen atoms in total. The summed E-state index contributed by atoms with van der Waals surface area (Å²) >= 11 is 2.64. The SMILES string of the molecule is CCOC(=O)c1ccc2nc(NC(=O)Cn3cnc4scc(-c5ccccc5)c4c3=O)sc2c1. The van der Waals surface area contributed by atoms with E-state index in [2.05, 4.69) is 15.3 Å². The minimum atomic E-state index is -0.408. The Morgan fingerprint density at radius 1 is 1.15 bits per heavy atom. The lowest BCUT2D eigenvalue weighted by Gasteiger charge is -2.06. The minimum absolute atomic E-state index is 0.199. The maximum atomic E-state index is 13.2. The number of thiophene rings is 1. The monoisotopic (exact) mass is 490 g/mol. The minimum Gasteiger partial charge on any atom is -0.462 e. The van der Waals surface area contributed by atoms with Crippen LogP contribution in [0.4, 0.5) is 5.13 Å². The van der Waals surface area contributed by atoms with Crippen LogP contribution in [-0.2, 0) is 16.1 Å². The van der Waals surface area contributed by atoms with Gasteiger partial charge in [-0.3, -0.25) is 14.2 Å². The third-order valence-electron chi connectivity index (χ3n) is 5.11. The van der Waals surface area contributed by atoms with Crippen molar-refractivity contribution in [2.24, 2.45) is 0 Å². The number of hydrogen-bond donors (Lipinski definition) is 1. The van der Waals surface area contributed by atoms with Gasteiger partial charge in [0.1, 0.15) is 11.4 Å². The van der Waals surface area contributed by atoms with E-state index in [0.717, 1.165) is 15.8 Å². The molecule has 34 heavy (non-hydrogen) atoms. The number of carbonyl (C=O) groups is 2. The molecule has 3 heterocycles. The van der Waals surface area contributed by atoms with E-state index in [0.29, 0.717) is 33.0 Å². The third-order valence-corrected chi connectivity index (χ3v) is 6.93. The first-order chi connectivity index (χ1) is 16.5. The molecule has 10 heteroatoms. The van der Waals surface area contributed by atoms with E-state index in [1.165, 1.54) is 33.6 Å². The molecule has 0 fully saturated rings. The molecule has 0 unspecified atom stereocenters. The van der Waals surface area contributed by atoms with E-state index in [1.54, 1.807) is 25.1 Å². The highest BCUT2D eigenvalue weighted by atomic mass is 32.1. The Morgan fingerprint density at radius 3 is 2.76 bits per heavy atom. The molecule has 0 spiro atoms. The Bertz CT molecular complexity index is 1590. The number of anilines is 1. The van der Waals surface area contributed by atoms with Crippen LogP contribution >= 0.6 is 22.7 Å². The molecular formula is C24H18N4O4S2. The summed E-state index contributed by atoms with van der Waals surface area (Å²) in [4.78, 5) is 47.2. The number of thiazole rings is 1. The third kappa shape index (κ3) is 4.20. The van der Waals surface area contributed by atoms with Crippen molar-refractivity contribution < 1.29 is 14.3 Å². The molecule has 0 aliphatic rings. The van der Waals surface area contributed by atoms with Crippen LogP contribution in [0.15, 0.2) is 65.0 Å². The van der Waals surface area contributed by atoms with E-state index in [-0.39, 0.29) is 12.1 Å². The first-order valence-electron chi connectivity index (χ1n) is 10.4. The van der Waals surface area contributed by atoms with Gasteiger partial charge in [-0.05, 0) is 30.7 Å². The maximum Gasteiger partial charge on any atom is 0.338 e. The van der Waals surface area contributed by atoms with Gasteiger partial charge in [0.2, 0.25) is 5.91 Å². The predicted molar refractivity (Wildman–Crippen MR) is 134 cm³/mol. The van der Waals surface area contributed by atoms with Crippen molar-refractivity contribution in [2.45, 2.75) is 13.5 Å².